The Kier molecular flexibility index (Phi) is 2.77. The SMILES string of the molecule is [2H]/C(CC)=C(\[2H])CC1CCCC(=O)O1. The summed E-state index contributed by atoms with van der Waals surface area (Å²) in [5.74, 6) is -0.169. The molecule has 0 aromatic carbocycles. The summed E-state index contributed by atoms with van der Waals surface area (Å²) in [4.78, 5) is 10.9. The minimum Gasteiger partial charge on any atom is -0.462 e. The maximum atomic E-state index is 10.9. The Hall–Kier alpha value is -0.790. The van der Waals surface area contributed by atoms with Crippen molar-refractivity contribution in [1.82, 2.24) is 0 Å². The smallest absolute Gasteiger partial charge is 0.306 e. The van der Waals surface area contributed by atoms with Gasteiger partial charge in [0.2, 0.25) is 0 Å². The Morgan fingerprint density at radius 1 is 1.75 bits per heavy atom. The number of cyclic esters (lactones) is 1. The predicted molar refractivity (Wildman–Crippen MR) is 47.8 cm³/mol. The summed E-state index contributed by atoms with van der Waals surface area (Å²) in [7, 11) is 0. The fraction of sp³-hybridized carbons (Fsp3) is 0.700. The molecule has 0 amide bonds. The van der Waals surface area contributed by atoms with Crippen LogP contribution in [0.2, 0.25) is 0 Å². The Labute approximate surface area is 76.4 Å². The van der Waals surface area contributed by atoms with Crippen LogP contribution < -0.4 is 0 Å². The van der Waals surface area contributed by atoms with Gasteiger partial charge in [0.15, 0.2) is 0 Å². The number of esters is 1. The van der Waals surface area contributed by atoms with E-state index in [2.05, 4.69) is 0 Å². The summed E-state index contributed by atoms with van der Waals surface area (Å²) in [5.41, 5.74) is 0. The van der Waals surface area contributed by atoms with Crippen LogP contribution in [0.15, 0.2) is 12.1 Å². The van der Waals surface area contributed by atoms with Gasteiger partial charge in [0.25, 0.3) is 0 Å². The van der Waals surface area contributed by atoms with E-state index in [-0.39, 0.29) is 12.1 Å². The lowest BCUT2D eigenvalue weighted by molar-refractivity contribution is -0.153. The normalized spacial score (nSPS) is 28.4. The summed E-state index contributed by atoms with van der Waals surface area (Å²) in [6.07, 6.45) is 2.96. The molecular weight excluding hydrogens is 152 g/mol. The second-order valence-electron chi connectivity index (χ2n) is 2.92. The van der Waals surface area contributed by atoms with Gasteiger partial charge in [-0.15, -0.1) is 0 Å². The van der Waals surface area contributed by atoms with E-state index < -0.39 is 0 Å². The average Bonchev–Trinajstić information content (AvgIpc) is 2.16. The van der Waals surface area contributed by atoms with E-state index in [9.17, 15) is 4.79 Å². The van der Waals surface area contributed by atoms with E-state index in [0.717, 1.165) is 12.8 Å². The largest absolute Gasteiger partial charge is 0.462 e. The molecule has 1 heterocycles. The van der Waals surface area contributed by atoms with Crippen molar-refractivity contribution in [3.05, 3.63) is 12.1 Å². The predicted octanol–water partition coefficient (Wildman–Crippen LogP) is 2.44. The van der Waals surface area contributed by atoms with E-state index in [1.54, 1.807) is 0 Å². The third-order valence-corrected chi connectivity index (χ3v) is 1.84. The quantitative estimate of drug-likeness (QED) is 0.480. The second-order valence-corrected chi connectivity index (χ2v) is 2.92. The van der Waals surface area contributed by atoms with Crippen LogP contribution in [0.3, 0.4) is 0 Å². The third-order valence-electron chi connectivity index (χ3n) is 1.84. The molecule has 0 N–H and O–H groups in total. The zero-order valence-electron chi connectivity index (χ0n) is 9.43. The van der Waals surface area contributed by atoms with Crippen LogP contribution >= 0.6 is 0 Å². The van der Waals surface area contributed by atoms with Crippen molar-refractivity contribution in [2.75, 3.05) is 0 Å². The summed E-state index contributed by atoms with van der Waals surface area (Å²) in [5, 5.41) is 0. The van der Waals surface area contributed by atoms with Gasteiger partial charge in [-0.05, 0) is 19.3 Å². The number of allylic oxidation sites excluding steroid dienone is 1. The molecule has 1 fully saturated rings. The number of hydrogen-bond acceptors (Lipinski definition) is 2. The zero-order valence-corrected chi connectivity index (χ0v) is 7.43. The van der Waals surface area contributed by atoms with Crippen molar-refractivity contribution in [1.29, 1.82) is 0 Å². The minimum absolute atomic E-state index is 0.169. The minimum atomic E-state index is -0.171. The molecule has 0 spiro atoms. The number of ether oxygens (including phenoxy) is 1. The van der Waals surface area contributed by atoms with Gasteiger partial charge in [0, 0.05) is 12.8 Å². The van der Waals surface area contributed by atoms with Crippen LogP contribution in [0, 0.1) is 0 Å². The third kappa shape index (κ3) is 3.07. The molecular formula is C10H16O2. The van der Waals surface area contributed by atoms with Crippen LogP contribution in [-0.4, -0.2) is 12.1 Å². The number of rotatable bonds is 3. The topological polar surface area (TPSA) is 26.3 Å². The first-order valence-electron chi connectivity index (χ1n) is 5.48. The maximum absolute atomic E-state index is 10.9. The van der Waals surface area contributed by atoms with Crippen molar-refractivity contribution < 1.29 is 12.3 Å². The molecule has 1 aliphatic heterocycles. The molecule has 0 aromatic heterocycles. The molecule has 1 atom stereocenters. The molecule has 1 rings (SSSR count). The first-order chi connectivity index (χ1) is 6.63. The lowest BCUT2D eigenvalue weighted by Gasteiger charge is -2.20. The fourth-order valence-corrected chi connectivity index (χ4v) is 1.23. The van der Waals surface area contributed by atoms with E-state index in [1.807, 2.05) is 6.92 Å². The van der Waals surface area contributed by atoms with E-state index in [4.69, 9.17) is 7.48 Å². The van der Waals surface area contributed by atoms with Crippen molar-refractivity contribution in [3.63, 3.8) is 0 Å². The summed E-state index contributed by atoms with van der Waals surface area (Å²) in [6.45, 7) is 1.85. The highest BCUT2D eigenvalue weighted by atomic mass is 16.5. The van der Waals surface area contributed by atoms with Gasteiger partial charge in [0.1, 0.15) is 6.10 Å². The second kappa shape index (κ2) is 4.96. The molecule has 0 bridgehead atoms. The Morgan fingerprint density at radius 3 is 3.25 bits per heavy atom. The van der Waals surface area contributed by atoms with Gasteiger partial charge in [-0.25, -0.2) is 0 Å². The Bertz CT molecular complexity index is 249. The van der Waals surface area contributed by atoms with Crippen LogP contribution in [0.4, 0.5) is 0 Å². The van der Waals surface area contributed by atoms with Crippen molar-refractivity contribution in [2.24, 2.45) is 0 Å². The molecule has 1 saturated heterocycles. The lowest BCUT2D eigenvalue weighted by atomic mass is 10.1. The molecule has 0 aliphatic carbocycles. The molecule has 68 valence electrons. The number of carbonyl (C=O) groups is 1. The van der Waals surface area contributed by atoms with E-state index in [1.165, 1.54) is 0 Å². The lowest BCUT2D eigenvalue weighted by Crippen LogP contribution is -2.22. The Balaban J connectivity index is 2.47. The summed E-state index contributed by atoms with van der Waals surface area (Å²) >= 11 is 0. The fourth-order valence-electron chi connectivity index (χ4n) is 1.23. The molecule has 1 aliphatic rings. The van der Waals surface area contributed by atoms with Gasteiger partial charge < -0.3 is 4.74 Å². The van der Waals surface area contributed by atoms with Crippen LogP contribution in [0.1, 0.15) is 41.8 Å². The zero-order chi connectivity index (χ0) is 10.6. The van der Waals surface area contributed by atoms with Gasteiger partial charge in [-0.2, -0.15) is 0 Å². The molecule has 2 nitrogen and oxygen atoms in total. The first-order valence-corrected chi connectivity index (χ1v) is 4.48. The summed E-state index contributed by atoms with van der Waals surface area (Å²) < 4.78 is 20.1. The van der Waals surface area contributed by atoms with Crippen molar-refractivity contribution in [3.8, 4) is 0 Å². The van der Waals surface area contributed by atoms with Gasteiger partial charge >= 0.3 is 5.97 Å². The van der Waals surface area contributed by atoms with Crippen LogP contribution in [-0.2, 0) is 9.53 Å². The monoisotopic (exact) mass is 170 g/mol. The number of carbonyl (C=O) groups excluding carboxylic acids is 1. The first kappa shape index (κ1) is 6.70. The molecule has 2 heteroatoms. The van der Waals surface area contributed by atoms with Crippen LogP contribution in [0.5, 0.6) is 0 Å². The Morgan fingerprint density at radius 2 is 2.58 bits per heavy atom. The van der Waals surface area contributed by atoms with Gasteiger partial charge in [-0.3, -0.25) is 4.79 Å². The molecule has 12 heavy (non-hydrogen) atoms. The highest BCUT2D eigenvalue weighted by Gasteiger charge is 2.18. The highest BCUT2D eigenvalue weighted by Crippen LogP contribution is 2.16. The molecule has 0 aromatic rings. The average molecular weight is 170 g/mol. The van der Waals surface area contributed by atoms with Crippen molar-refractivity contribution >= 4 is 5.97 Å². The summed E-state index contributed by atoms with van der Waals surface area (Å²) in [6, 6.07) is 0.638. The van der Waals surface area contributed by atoms with Crippen LogP contribution in [0.25, 0.3) is 0 Å². The number of hydrogen-bond donors (Lipinski definition) is 0. The molecule has 0 radical (unpaired) electrons. The van der Waals surface area contributed by atoms with Gasteiger partial charge in [0.05, 0.1) is 2.74 Å². The molecule has 1 unspecified atom stereocenters. The standard InChI is InChI=1S/C10H16O2/c1-2-3-4-6-9-7-5-8-10(11)12-9/h3-4,9H,2,5-8H2,1H3/b4-3-/i3D,4D. The van der Waals surface area contributed by atoms with Gasteiger partial charge in [-0.1, -0.05) is 19.0 Å². The van der Waals surface area contributed by atoms with Crippen molar-refractivity contribution in [2.45, 2.75) is 45.1 Å². The highest BCUT2D eigenvalue weighted by molar-refractivity contribution is 5.70. The van der Waals surface area contributed by atoms with E-state index >= 15 is 0 Å². The maximum Gasteiger partial charge on any atom is 0.306 e. The van der Waals surface area contributed by atoms with E-state index in [0.29, 0.717) is 31.4 Å². The molecule has 0 saturated carbocycles.